The van der Waals surface area contributed by atoms with Crippen LogP contribution in [0.4, 0.5) is 5.69 Å². The van der Waals surface area contributed by atoms with Gasteiger partial charge in [-0.3, -0.25) is 4.79 Å². The summed E-state index contributed by atoms with van der Waals surface area (Å²) in [5.41, 5.74) is 0.642. The lowest BCUT2D eigenvalue weighted by Gasteiger charge is -2.30. The van der Waals surface area contributed by atoms with Gasteiger partial charge in [0.05, 0.1) is 13.2 Å². The maximum Gasteiger partial charge on any atom is 0.262 e. The summed E-state index contributed by atoms with van der Waals surface area (Å²) in [7, 11) is -1.88. The molecular formula is C20H26N4O5S. The summed E-state index contributed by atoms with van der Waals surface area (Å²) < 4.78 is 40.0. The zero-order valence-electron chi connectivity index (χ0n) is 17.1. The van der Waals surface area contributed by atoms with Crippen LogP contribution in [0.2, 0.25) is 0 Å². The second kappa shape index (κ2) is 8.27. The van der Waals surface area contributed by atoms with Gasteiger partial charge >= 0.3 is 0 Å². The Hall–Kier alpha value is -2.59. The van der Waals surface area contributed by atoms with E-state index < -0.39 is 10.0 Å². The van der Waals surface area contributed by atoms with Crippen LogP contribution in [0.15, 0.2) is 29.4 Å². The Morgan fingerprint density at radius 2 is 1.87 bits per heavy atom. The first kappa shape index (κ1) is 20.7. The lowest BCUT2D eigenvalue weighted by Crippen LogP contribution is -2.41. The van der Waals surface area contributed by atoms with Crippen LogP contribution in [-0.2, 0) is 21.9 Å². The average molecular weight is 435 g/mol. The Bertz CT molecular complexity index is 1020. The first-order chi connectivity index (χ1) is 14.3. The number of fused-ring (bicyclic) bond motifs is 1. The summed E-state index contributed by atoms with van der Waals surface area (Å²) >= 11 is 0. The molecule has 2 aliphatic rings. The highest BCUT2D eigenvalue weighted by Gasteiger charge is 2.33. The van der Waals surface area contributed by atoms with E-state index in [2.05, 4.69) is 10.3 Å². The summed E-state index contributed by atoms with van der Waals surface area (Å²) in [6.45, 7) is 3.52. The van der Waals surface area contributed by atoms with Crippen LogP contribution in [0.5, 0.6) is 11.5 Å². The fraction of sp³-hybridized carbons (Fsp3) is 0.500. The van der Waals surface area contributed by atoms with Gasteiger partial charge in [0.25, 0.3) is 10.0 Å². The van der Waals surface area contributed by atoms with Gasteiger partial charge in [-0.05, 0) is 31.9 Å². The normalized spacial score (nSPS) is 18.1. The molecule has 1 aromatic carbocycles. The molecule has 1 saturated heterocycles. The number of anilines is 1. The monoisotopic (exact) mass is 434 g/mol. The minimum absolute atomic E-state index is 0.0533. The number of amides is 1. The van der Waals surface area contributed by atoms with Crippen molar-refractivity contribution in [3.05, 3.63) is 30.2 Å². The maximum atomic E-state index is 12.8. The van der Waals surface area contributed by atoms with E-state index >= 15 is 0 Å². The standard InChI is InChI=1S/C20H26N4O5S/c1-14-21-19(13-23(14)2)30(26,27)24-8-6-15(7-9-24)20(25)22-16-4-5-17-18(12-16)29-11-3-10-28-17/h4-5,12-13,15H,3,6-11H2,1-2H3,(H,22,25). The Kier molecular flexibility index (Phi) is 5.70. The number of carbonyl (C=O) groups excluding carboxylic acids is 1. The number of aromatic nitrogens is 2. The number of piperidine rings is 1. The molecule has 4 rings (SSSR count). The molecule has 10 heteroatoms. The van der Waals surface area contributed by atoms with Crippen molar-refractivity contribution in [2.45, 2.75) is 31.2 Å². The van der Waals surface area contributed by atoms with Crippen LogP contribution in [0.3, 0.4) is 0 Å². The third-order valence-electron chi connectivity index (χ3n) is 5.53. The van der Waals surface area contributed by atoms with Crippen molar-refractivity contribution in [2.24, 2.45) is 13.0 Å². The van der Waals surface area contributed by atoms with Crippen LogP contribution in [0.25, 0.3) is 0 Å². The molecule has 0 atom stereocenters. The molecule has 0 radical (unpaired) electrons. The maximum absolute atomic E-state index is 12.8. The summed E-state index contributed by atoms with van der Waals surface area (Å²) in [6.07, 6.45) is 3.26. The Labute approximate surface area is 176 Å². The first-order valence-electron chi connectivity index (χ1n) is 10.1. The molecule has 1 aromatic heterocycles. The lowest BCUT2D eigenvalue weighted by atomic mass is 9.97. The number of benzene rings is 1. The molecular weight excluding hydrogens is 408 g/mol. The molecule has 0 saturated carbocycles. The fourth-order valence-corrected chi connectivity index (χ4v) is 5.12. The molecule has 1 amide bonds. The number of ether oxygens (including phenoxy) is 2. The lowest BCUT2D eigenvalue weighted by molar-refractivity contribution is -0.120. The van der Waals surface area contributed by atoms with Gasteiger partial charge in [-0.1, -0.05) is 0 Å². The third kappa shape index (κ3) is 4.15. The number of aryl methyl sites for hydroxylation is 2. The second-order valence-corrected chi connectivity index (χ2v) is 9.50. The minimum atomic E-state index is -3.65. The average Bonchev–Trinajstić information content (AvgIpc) is 2.93. The Morgan fingerprint density at radius 3 is 2.53 bits per heavy atom. The largest absolute Gasteiger partial charge is 0.490 e. The van der Waals surface area contributed by atoms with Gasteiger partial charge in [0.2, 0.25) is 5.91 Å². The topological polar surface area (TPSA) is 103 Å². The van der Waals surface area contributed by atoms with E-state index in [4.69, 9.17) is 9.47 Å². The van der Waals surface area contributed by atoms with Gasteiger partial charge in [-0.2, -0.15) is 4.31 Å². The molecule has 162 valence electrons. The highest BCUT2D eigenvalue weighted by atomic mass is 32.2. The second-order valence-electron chi connectivity index (χ2n) is 7.62. The van der Waals surface area contributed by atoms with Gasteiger partial charge in [0.1, 0.15) is 5.82 Å². The van der Waals surface area contributed by atoms with Crippen molar-refractivity contribution in [2.75, 3.05) is 31.6 Å². The quantitative estimate of drug-likeness (QED) is 0.789. The van der Waals surface area contributed by atoms with E-state index in [1.165, 1.54) is 10.5 Å². The van der Waals surface area contributed by atoms with Crippen molar-refractivity contribution in [1.29, 1.82) is 0 Å². The van der Waals surface area contributed by atoms with Gasteiger partial charge in [0.15, 0.2) is 16.5 Å². The Morgan fingerprint density at radius 1 is 1.17 bits per heavy atom. The SMILES string of the molecule is Cc1nc(S(=O)(=O)N2CCC(C(=O)Nc3ccc4c(c3)OCCCO4)CC2)cn1C. The van der Waals surface area contributed by atoms with E-state index in [-0.39, 0.29) is 29.9 Å². The van der Waals surface area contributed by atoms with Crippen molar-refractivity contribution >= 4 is 21.6 Å². The zero-order valence-corrected chi connectivity index (χ0v) is 17.9. The predicted molar refractivity (Wildman–Crippen MR) is 110 cm³/mol. The van der Waals surface area contributed by atoms with E-state index in [9.17, 15) is 13.2 Å². The number of imidazole rings is 1. The molecule has 1 fully saturated rings. The molecule has 0 unspecified atom stereocenters. The van der Waals surface area contributed by atoms with Gasteiger partial charge in [0, 0.05) is 50.4 Å². The molecule has 2 aliphatic heterocycles. The molecule has 0 bridgehead atoms. The van der Waals surface area contributed by atoms with Crippen LogP contribution in [0.1, 0.15) is 25.1 Å². The van der Waals surface area contributed by atoms with Crippen molar-refractivity contribution in [1.82, 2.24) is 13.9 Å². The zero-order chi connectivity index (χ0) is 21.3. The molecule has 9 nitrogen and oxygen atoms in total. The van der Waals surface area contributed by atoms with E-state index in [0.29, 0.717) is 49.1 Å². The van der Waals surface area contributed by atoms with Gasteiger partial charge < -0.3 is 19.4 Å². The number of hydrogen-bond acceptors (Lipinski definition) is 6. The number of hydrogen-bond donors (Lipinski definition) is 1. The number of nitrogens with zero attached hydrogens (tertiary/aromatic N) is 3. The molecule has 2 aromatic rings. The molecule has 0 aliphatic carbocycles. The smallest absolute Gasteiger partial charge is 0.262 e. The molecule has 1 N–H and O–H groups in total. The molecule has 0 spiro atoms. The van der Waals surface area contributed by atoms with Crippen LogP contribution in [-0.4, -0.2) is 54.5 Å². The summed E-state index contributed by atoms with van der Waals surface area (Å²) in [4.78, 5) is 16.9. The summed E-state index contributed by atoms with van der Waals surface area (Å²) in [6, 6.07) is 5.34. The predicted octanol–water partition coefficient (Wildman–Crippen LogP) is 1.93. The van der Waals surface area contributed by atoms with E-state index in [1.54, 1.807) is 36.7 Å². The number of rotatable bonds is 4. The molecule has 30 heavy (non-hydrogen) atoms. The first-order valence-corrected chi connectivity index (χ1v) is 11.5. The van der Waals surface area contributed by atoms with Crippen LogP contribution >= 0.6 is 0 Å². The highest BCUT2D eigenvalue weighted by Crippen LogP contribution is 2.33. The highest BCUT2D eigenvalue weighted by molar-refractivity contribution is 7.89. The van der Waals surface area contributed by atoms with Crippen LogP contribution in [0, 0.1) is 12.8 Å². The molecule has 3 heterocycles. The fourth-order valence-electron chi connectivity index (χ4n) is 3.63. The minimum Gasteiger partial charge on any atom is -0.490 e. The third-order valence-corrected chi connectivity index (χ3v) is 7.30. The Balaban J connectivity index is 1.37. The van der Waals surface area contributed by atoms with E-state index in [1.807, 2.05) is 0 Å². The van der Waals surface area contributed by atoms with Crippen molar-refractivity contribution in [3.63, 3.8) is 0 Å². The van der Waals surface area contributed by atoms with Crippen molar-refractivity contribution in [3.8, 4) is 11.5 Å². The van der Waals surface area contributed by atoms with Crippen molar-refractivity contribution < 1.29 is 22.7 Å². The van der Waals surface area contributed by atoms with Gasteiger partial charge in [-0.25, -0.2) is 13.4 Å². The number of carbonyl (C=O) groups is 1. The van der Waals surface area contributed by atoms with Gasteiger partial charge in [-0.15, -0.1) is 0 Å². The summed E-state index contributed by atoms with van der Waals surface area (Å²) in [5, 5.41) is 2.97. The number of nitrogens with one attached hydrogen (secondary N) is 1. The summed E-state index contributed by atoms with van der Waals surface area (Å²) in [5.74, 6) is 1.57. The van der Waals surface area contributed by atoms with E-state index in [0.717, 1.165) is 6.42 Å². The number of sulfonamides is 1. The van der Waals surface area contributed by atoms with Crippen LogP contribution < -0.4 is 14.8 Å².